The second kappa shape index (κ2) is 18.0. The van der Waals surface area contributed by atoms with Crippen molar-refractivity contribution >= 4 is 64.6 Å². The average Bonchev–Trinajstić information content (AvgIpc) is 3.46. The molecule has 3 unspecified atom stereocenters. The van der Waals surface area contributed by atoms with Gasteiger partial charge < -0.3 is 14.9 Å². The summed E-state index contributed by atoms with van der Waals surface area (Å²) in [6, 6.07) is 5.62. The number of rotatable bonds is 21. The van der Waals surface area contributed by atoms with Gasteiger partial charge in [-0.3, -0.25) is 24.0 Å². The number of carbonyl (C=O) groups is 5. The molecule has 0 saturated heterocycles. The van der Waals surface area contributed by atoms with Gasteiger partial charge in [-0.15, -0.1) is 0 Å². The first-order valence-corrected chi connectivity index (χ1v) is 18.2. The summed E-state index contributed by atoms with van der Waals surface area (Å²) in [7, 11) is 0. The first-order chi connectivity index (χ1) is 20.6. The zero-order valence-electron chi connectivity index (χ0n) is 24.3. The number of carboxylic acid groups (broad SMARTS) is 2. The van der Waals surface area contributed by atoms with E-state index in [2.05, 4.69) is 0 Å². The lowest BCUT2D eigenvalue weighted by Crippen LogP contribution is -2.36. The number of ether oxygens (including phenoxy) is 1. The highest BCUT2D eigenvalue weighted by Crippen LogP contribution is 2.50. The molecule has 8 nitrogen and oxygen atoms in total. The molecule has 0 heterocycles. The van der Waals surface area contributed by atoms with E-state index >= 15 is 0 Å². The van der Waals surface area contributed by atoms with Crippen molar-refractivity contribution in [3.8, 4) is 5.75 Å². The Balaban J connectivity index is 1.64. The number of carboxylic acids is 2. The largest absolute Gasteiger partial charge is 0.490 e. The predicted molar refractivity (Wildman–Crippen MR) is 169 cm³/mol. The fraction of sp³-hybridized carbons (Fsp3) is 0.645. The van der Waals surface area contributed by atoms with Gasteiger partial charge in [0, 0.05) is 23.5 Å². The van der Waals surface area contributed by atoms with Crippen molar-refractivity contribution in [2.24, 2.45) is 11.3 Å². The van der Waals surface area contributed by atoms with Crippen LogP contribution in [0.3, 0.4) is 0 Å². The monoisotopic (exact) mass is 656 g/mol. The van der Waals surface area contributed by atoms with Crippen molar-refractivity contribution in [1.82, 2.24) is 0 Å². The highest BCUT2D eigenvalue weighted by atomic mass is 32.2. The normalized spacial score (nSPS) is 20.4. The van der Waals surface area contributed by atoms with Crippen molar-refractivity contribution in [3.63, 3.8) is 0 Å². The minimum Gasteiger partial charge on any atom is -0.490 e. The minimum absolute atomic E-state index is 0.0623. The first kappa shape index (κ1) is 35.4. The van der Waals surface area contributed by atoms with Crippen molar-refractivity contribution < 1.29 is 43.3 Å². The summed E-state index contributed by atoms with van der Waals surface area (Å²) in [5, 5.41) is 17.9. The van der Waals surface area contributed by atoms with Crippen LogP contribution in [0.4, 0.5) is 4.39 Å². The topological polar surface area (TPSA) is 135 Å². The van der Waals surface area contributed by atoms with E-state index in [0.29, 0.717) is 30.8 Å². The molecule has 0 aliphatic heterocycles. The summed E-state index contributed by atoms with van der Waals surface area (Å²) in [4.78, 5) is 59.8. The van der Waals surface area contributed by atoms with Crippen LogP contribution in [-0.2, 0) is 24.0 Å². The third-order valence-electron chi connectivity index (χ3n) is 8.14. The Morgan fingerprint density at radius 3 is 2.02 bits per heavy atom. The SMILES string of the molecule is O=C(O)CSCCCCC1(CCCCSCC(=O)O)C(=O)CCC1SCCC(Oc1ccc(F)cc1)C1CCC(=O)C1=O. The molecular formula is C31H41FO8S3. The zero-order chi connectivity index (χ0) is 31.2. The van der Waals surface area contributed by atoms with Gasteiger partial charge in [0.25, 0.3) is 0 Å². The Labute approximate surface area is 265 Å². The number of Topliss-reactive ketones (excluding diaryl/α,β-unsaturated/α-hetero) is 3. The van der Waals surface area contributed by atoms with Crippen LogP contribution in [0.5, 0.6) is 5.75 Å². The van der Waals surface area contributed by atoms with Crippen LogP contribution in [0.2, 0.25) is 0 Å². The quantitative estimate of drug-likeness (QED) is 0.120. The van der Waals surface area contributed by atoms with Gasteiger partial charge >= 0.3 is 11.9 Å². The fourth-order valence-electron chi connectivity index (χ4n) is 6.00. The van der Waals surface area contributed by atoms with Crippen LogP contribution >= 0.6 is 35.3 Å². The molecule has 0 bridgehead atoms. The molecule has 2 fully saturated rings. The van der Waals surface area contributed by atoms with E-state index in [1.165, 1.54) is 47.8 Å². The minimum atomic E-state index is -0.838. The average molecular weight is 657 g/mol. The molecule has 1 aromatic rings. The van der Waals surface area contributed by atoms with Crippen molar-refractivity contribution in [1.29, 1.82) is 0 Å². The van der Waals surface area contributed by atoms with Crippen LogP contribution < -0.4 is 4.74 Å². The lowest BCUT2D eigenvalue weighted by molar-refractivity contribution is -0.137. The summed E-state index contributed by atoms with van der Waals surface area (Å²) in [5.41, 5.74) is -0.494. The van der Waals surface area contributed by atoms with Crippen LogP contribution in [-0.4, -0.2) is 79.6 Å². The van der Waals surface area contributed by atoms with Crippen LogP contribution in [0.1, 0.15) is 70.6 Å². The Kier molecular flexibility index (Phi) is 14.9. The summed E-state index contributed by atoms with van der Waals surface area (Å²) in [6.45, 7) is 0. The maximum absolute atomic E-state index is 13.5. The Bertz CT molecular complexity index is 1090. The highest BCUT2D eigenvalue weighted by Gasteiger charge is 2.49. The summed E-state index contributed by atoms with van der Waals surface area (Å²) in [6.07, 6.45) is 6.61. The van der Waals surface area contributed by atoms with Crippen molar-refractivity contribution in [2.45, 2.75) is 82.0 Å². The Morgan fingerprint density at radius 2 is 1.49 bits per heavy atom. The molecule has 238 valence electrons. The number of hydrogen-bond donors (Lipinski definition) is 2. The number of unbranched alkanes of at least 4 members (excludes halogenated alkanes) is 2. The molecule has 43 heavy (non-hydrogen) atoms. The number of halogens is 1. The van der Waals surface area contributed by atoms with Gasteiger partial charge in [-0.05, 0) is 86.5 Å². The molecule has 0 radical (unpaired) electrons. The molecule has 2 N–H and O–H groups in total. The Hall–Kier alpha value is -2.05. The van der Waals surface area contributed by atoms with Gasteiger partial charge in [-0.25, -0.2) is 4.39 Å². The van der Waals surface area contributed by atoms with Gasteiger partial charge in [-0.2, -0.15) is 35.3 Å². The molecule has 0 aromatic heterocycles. The highest BCUT2D eigenvalue weighted by molar-refractivity contribution is 8.00. The summed E-state index contributed by atoms with van der Waals surface area (Å²) in [5.74, 6) is -0.510. The van der Waals surface area contributed by atoms with E-state index in [9.17, 15) is 28.4 Å². The maximum Gasteiger partial charge on any atom is 0.313 e. The molecule has 2 saturated carbocycles. The second-order valence-corrected chi connectivity index (χ2v) is 14.6. The number of hydrogen-bond acceptors (Lipinski definition) is 9. The summed E-state index contributed by atoms with van der Waals surface area (Å²) < 4.78 is 19.6. The molecule has 1 aromatic carbocycles. The lowest BCUT2D eigenvalue weighted by atomic mass is 9.76. The number of carbonyl (C=O) groups excluding carboxylic acids is 3. The first-order valence-electron chi connectivity index (χ1n) is 14.9. The second-order valence-electron chi connectivity index (χ2n) is 11.1. The molecule has 12 heteroatoms. The number of aliphatic carboxylic acids is 2. The van der Waals surface area contributed by atoms with Gasteiger partial charge in [0.15, 0.2) is 5.78 Å². The smallest absolute Gasteiger partial charge is 0.313 e. The van der Waals surface area contributed by atoms with E-state index in [1.807, 2.05) is 0 Å². The van der Waals surface area contributed by atoms with Crippen molar-refractivity contribution in [3.05, 3.63) is 30.1 Å². The predicted octanol–water partition coefficient (Wildman–Crippen LogP) is 5.94. The van der Waals surface area contributed by atoms with Gasteiger partial charge in [-0.1, -0.05) is 12.8 Å². The van der Waals surface area contributed by atoms with E-state index in [-0.39, 0.29) is 34.7 Å². The van der Waals surface area contributed by atoms with E-state index in [0.717, 1.165) is 56.5 Å². The number of benzene rings is 1. The summed E-state index contributed by atoms with van der Waals surface area (Å²) >= 11 is 4.47. The van der Waals surface area contributed by atoms with E-state index < -0.39 is 41.0 Å². The molecule has 3 atom stereocenters. The molecule has 2 aliphatic rings. The number of thioether (sulfide) groups is 3. The molecular weight excluding hydrogens is 616 g/mol. The maximum atomic E-state index is 13.5. The molecule has 0 spiro atoms. The third kappa shape index (κ3) is 11.1. The Morgan fingerprint density at radius 1 is 0.884 bits per heavy atom. The van der Waals surface area contributed by atoms with Gasteiger partial charge in [0.05, 0.1) is 17.4 Å². The molecule has 2 aliphatic carbocycles. The van der Waals surface area contributed by atoms with Crippen LogP contribution in [0, 0.1) is 17.2 Å². The zero-order valence-corrected chi connectivity index (χ0v) is 26.8. The van der Waals surface area contributed by atoms with Crippen LogP contribution in [0.15, 0.2) is 24.3 Å². The molecule has 3 rings (SSSR count). The van der Waals surface area contributed by atoms with E-state index in [1.54, 1.807) is 11.8 Å². The van der Waals surface area contributed by atoms with Gasteiger partial charge in [0.2, 0.25) is 5.78 Å². The van der Waals surface area contributed by atoms with Crippen LogP contribution in [0.25, 0.3) is 0 Å². The number of ketones is 3. The van der Waals surface area contributed by atoms with Gasteiger partial charge in [0.1, 0.15) is 23.5 Å². The third-order valence-corrected chi connectivity index (χ3v) is 11.8. The standard InChI is InChI=1S/C31H41FO8S3/c32-21-5-7-22(8-6-21)40-25(23-9-10-24(33)30(23)39)13-18-43-27-12-11-26(34)31(27,14-1-3-16-41-19-28(35)36)15-2-4-17-42-20-29(37)38/h5-8,23,25,27H,1-4,9-20H2,(H,35,36)(H,37,38). The van der Waals surface area contributed by atoms with Crippen molar-refractivity contribution in [2.75, 3.05) is 28.8 Å². The lowest BCUT2D eigenvalue weighted by Gasteiger charge is -2.35. The molecule has 0 amide bonds. The fourth-order valence-corrected chi connectivity index (χ4v) is 9.08. The van der Waals surface area contributed by atoms with E-state index in [4.69, 9.17) is 14.9 Å².